The van der Waals surface area contributed by atoms with Crippen LogP contribution < -0.4 is 4.72 Å². The van der Waals surface area contributed by atoms with E-state index in [2.05, 4.69) is 16.6 Å². The Morgan fingerprint density at radius 1 is 1.38 bits per heavy atom. The number of nitrogens with one attached hydrogen (secondary N) is 1. The van der Waals surface area contributed by atoms with Crippen molar-refractivity contribution in [2.75, 3.05) is 6.61 Å². The first kappa shape index (κ1) is 17.6. The first-order valence-corrected chi connectivity index (χ1v) is 8.21. The van der Waals surface area contributed by atoms with Gasteiger partial charge < -0.3 is 5.11 Å². The normalized spacial score (nSPS) is 14.1. The van der Waals surface area contributed by atoms with Crippen molar-refractivity contribution in [2.45, 2.75) is 38.1 Å². The molecule has 0 spiro atoms. The molecule has 0 aliphatic rings. The molecule has 0 saturated carbocycles. The van der Waals surface area contributed by atoms with Crippen LogP contribution in [0.5, 0.6) is 0 Å². The summed E-state index contributed by atoms with van der Waals surface area (Å²) in [6.07, 6.45) is 0.838. The van der Waals surface area contributed by atoms with E-state index >= 15 is 0 Å². The number of sulfonamides is 1. The van der Waals surface area contributed by atoms with Crippen molar-refractivity contribution < 1.29 is 17.9 Å². The molecule has 0 fully saturated rings. The largest absolute Gasteiger partial charge is 0.384 e. The number of benzene rings is 1. The Balaban J connectivity index is 3.19. The molecule has 0 saturated heterocycles. The van der Waals surface area contributed by atoms with Crippen LogP contribution in [0, 0.1) is 23.6 Å². The second kappa shape index (κ2) is 7.55. The summed E-state index contributed by atoms with van der Waals surface area (Å²) >= 11 is 0. The first-order chi connectivity index (χ1) is 9.81. The molecule has 2 unspecified atom stereocenters. The van der Waals surface area contributed by atoms with Crippen LogP contribution in [0.2, 0.25) is 0 Å². The molecule has 0 heterocycles. The van der Waals surface area contributed by atoms with Crippen molar-refractivity contribution in [1.82, 2.24) is 4.72 Å². The number of aliphatic hydroxyl groups is 1. The summed E-state index contributed by atoms with van der Waals surface area (Å²) in [6.45, 7) is 5.29. The van der Waals surface area contributed by atoms with Gasteiger partial charge in [0.15, 0.2) is 0 Å². The van der Waals surface area contributed by atoms with E-state index < -0.39 is 22.4 Å². The molecule has 2 N–H and O–H groups in total. The quantitative estimate of drug-likeness (QED) is 0.816. The number of hydrogen-bond acceptors (Lipinski definition) is 3. The average Bonchev–Trinajstić information content (AvgIpc) is 2.43. The van der Waals surface area contributed by atoms with Gasteiger partial charge in [0.1, 0.15) is 12.4 Å². The van der Waals surface area contributed by atoms with Gasteiger partial charge in [0, 0.05) is 11.6 Å². The van der Waals surface area contributed by atoms with Crippen molar-refractivity contribution in [3.05, 3.63) is 29.6 Å². The molecule has 116 valence electrons. The van der Waals surface area contributed by atoms with Crippen LogP contribution in [-0.4, -0.2) is 26.2 Å². The van der Waals surface area contributed by atoms with E-state index in [4.69, 9.17) is 5.11 Å². The highest BCUT2D eigenvalue weighted by atomic mass is 32.2. The van der Waals surface area contributed by atoms with E-state index in [0.717, 1.165) is 18.6 Å². The Labute approximate surface area is 125 Å². The van der Waals surface area contributed by atoms with E-state index in [-0.39, 0.29) is 22.4 Å². The van der Waals surface area contributed by atoms with Crippen LogP contribution >= 0.6 is 0 Å². The second-order valence-electron chi connectivity index (χ2n) is 4.90. The molecule has 1 aromatic carbocycles. The standard InChI is InChI=1S/C15H20FNO3S/c1-4-11(2)12(3)17-21(19,20)15-8-7-14(16)10-13(15)6-5-9-18/h7-8,10-12,17-18H,4,9H2,1-3H3. The molecular formula is C15H20FNO3S. The van der Waals surface area contributed by atoms with Crippen molar-refractivity contribution in [1.29, 1.82) is 0 Å². The topological polar surface area (TPSA) is 66.4 Å². The van der Waals surface area contributed by atoms with Gasteiger partial charge in [0.25, 0.3) is 0 Å². The van der Waals surface area contributed by atoms with Gasteiger partial charge in [-0.05, 0) is 31.0 Å². The van der Waals surface area contributed by atoms with Gasteiger partial charge in [0.05, 0.1) is 4.90 Å². The lowest BCUT2D eigenvalue weighted by Crippen LogP contribution is -2.37. The monoisotopic (exact) mass is 313 g/mol. The Kier molecular flexibility index (Phi) is 6.34. The lowest BCUT2D eigenvalue weighted by atomic mass is 10.0. The van der Waals surface area contributed by atoms with Crippen molar-refractivity contribution in [3.63, 3.8) is 0 Å². The van der Waals surface area contributed by atoms with Crippen LogP contribution in [0.25, 0.3) is 0 Å². The highest BCUT2D eigenvalue weighted by molar-refractivity contribution is 7.89. The number of hydrogen-bond donors (Lipinski definition) is 2. The molecule has 0 aliphatic heterocycles. The maximum atomic E-state index is 13.3. The summed E-state index contributed by atoms with van der Waals surface area (Å²) in [7, 11) is -3.79. The fraction of sp³-hybridized carbons (Fsp3) is 0.467. The summed E-state index contributed by atoms with van der Waals surface area (Å²) < 4.78 is 40.6. The van der Waals surface area contributed by atoms with Gasteiger partial charge in [-0.3, -0.25) is 0 Å². The summed E-state index contributed by atoms with van der Waals surface area (Å²) in [6, 6.07) is 3.06. The van der Waals surface area contributed by atoms with Crippen LogP contribution in [0.1, 0.15) is 32.8 Å². The third-order valence-electron chi connectivity index (χ3n) is 3.37. The molecule has 0 aromatic heterocycles. The Morgan fingerprint density at radius 2 is 2.05 bits per heavy atom. The molecular weight excluding hydrogens is 293 g/mol. The molecule has 21 heavy (non-hydrogen) atoms. The van der Waals surface area contributed by atoms with Gasteiger partial charge in [-0.25, -0.2) is 17.5 Å². The number of rotatable bonds is 5. The van der Waals surface area contributed by atoms with Gasteiger partial charge in [-0.2, -0.15) is 0 Å². The molecule has 0 bridgehead atoms. The van der Waals surface area contributed by atoms with Crippen molar-refractivity contribution in [2.24, 2.45) is 5.92 Å². The summed E-state index contributed by atoms with van der Waals surface area (Å²) in [5.74, 6) is 4.40. The van der Waals surface area contributed by atoms with E-state index in [1.807, 2.05) is 13.8 Å². The van der Waals surface area contributed by atoms with Crippen LogP contribution in [0.15, 0.2) is 23.1 Å². The van der Waals surface area contributed by atoms with E-state index in [9.17, 15) is 12.8 Å². The molecule has 0 aliphatic carbocycles. The number of halogens is 1. The van der Waals surface area contributed by atoms with Gasteiger partial charge in [-0.1, -0.05) is 32.1 Å². The zero-order valence-electron chi connectivity index (χ0n) is 12.4. The molecule has 0 radical (unpaired) electrons. The lowest BCUT2D eigenvalue weighted by Gasteiger charge is -2.20. The van der Waals surface area contributed by atoms with Gasteiger partial charge >= 0.3 is 0 Å². The van der Waals surface area contributed by atoms with Crippen LogP contribution in [0.4, 0.5) is 4.39 Å². The maximum Gasteiger partial charge on any atom is 0.242 e. The molecule has 2 atom stereocenters. The van der Waals surface area contributed by atoms with Crippen LogP contribution in [-0.2, 0) is 10.0 Å². The zero-order valence-corrected chi connectivity index (χ0v) is 13.2. The average molecular weight is 313 g/mol. The third-order valence-corrected chi connectivity index (χ3v) is 4.99. The van der Waals surface area contributed by atoms with Crippen LogP contribution in [0.3, 0.4) is 0 Å². The summed E-state index contributed by atoms with van der Waals surface area (Å²) in [5, 5.41) is 8.71. The minimum absolute atomic E-state index is 0.0351. The molecule has 1 rings (SSSR count). The Hall–Kier alpha value is -1.42. The highest BCUT2D eigenvalue weighted by Gasteiger charge is 2.23. The number of aliphatic hydroxyl groups excluding tert-OH is 1. The second-order valence-corrected chi connectivity index (χ2v) is 6.58. The fourth-order valence-electron chi connectivity index (χ4n) is 1.75. The fourth-order valence-corrected chi connectivity index (χ4v) is 3.24. The molecule has 6 heteroatoms. The Morgan fingerprint density at radius 3 is 2.62 bits per heavy atom. The first-order valence-electron chi connectivity index (χ1n) is 6.73. The minimum atomic E-state index is -3.79. The molecule has 0 amide bonds. The van der Waals surface area contributed by atoms with E-state index in [1.165, 1.54) is 6.07 Å². The predicted molar refractivity (Wildman–Crippen MR) is 79.6 cm³/mol. The Bertz CT molecular complexity index is 647. The maximum absolute atomic E-state index is 13.3. The zero-order chi connectivity index (χ0) is 16.0. The van der Waals surface area contributed by atoms with E-state index in [0.29, 0.717) is 0 Å². The molecule has 4 nitrogen and oxygen atoms in total. The lowest BCUT2D eigenvalue weighted by molar-refractivity contribution is 0.350. The predicted octanol–water partition coefficient (Wildman–Crippen LogP) is 1.88. The highest BCUT2D eigenvalue weighted by Crippen LogP contribution is 2.18. The summed E-state index contributed by atoms with van der Waals surface area (Å²) in [5.41, 5.74) is 0.0351. The van der Waals surface area contributed by atoms with Gasteiger partial charge in [-0.15, -0.1) is 0 Å². The van der Waals surface area contributed by atoms with Crippen molar-refractivity contribution >= 4 is 10.0 Å². The van der Waals surface area contributed by atoms with Gasteiger partial charge in [0.2, 0.25) is 10.0 Å². The summed E-state index contributed by atoms with van der Waals surface area (Å²) in [4.78, 5) is -0.0833. The third kappa shape index (κ3) is 4.81. The molecule has 1 aromatic rings. The minimum Gasteiger partial charge on any atom is -0.384 e. The van der Waals surface area contributed by atoms with Crippen molar-refractivity contribution in [3.8, 4) is 11.8 Å². The SMILES string of the molecule is CCC(C)C(C)NS(=O)(=O)c1ccc(F)cc1C#CCO. The smallest absolute Gasteiger partial charge is 0.242 e. The van der Waals surface area contributed by atoms with E-state index in [1.54, 1.807) is 6.92 Å².